The van der Waals surface area contributed by atoms with E-state index in [2.05, 4.69) is 20.3 Å². The molecule has 6 nitrogen and oxygen atoms in total. The molecular formula is C11H12N6. The van der Waals surface area contributed by atoms with Gasteiger partial charge >= 0.3 is 0 Å². The fourth-order valence-corrected chi connectivity index (χ4v) is 1.41. The summed E-state index contributed by atoms with van der Waals surface area (Å²) >= 11 is 0. The van der Waals surface area contributed by atoms with Gasteiger partial charge in [0, 0.05) is 19.3 Å². The average molecular weight is 228 g/mol. The first-order chi connectivity index (χ1) is 8.31. The van der Waals surface area contributed by atoms with Crippen LogP contribution in [0.3, 0.4) is 0 Å². The third-order valence-electron chi connectivity index (χ3n) is 2.29. The highest BCUT2D eigenvalue weighted by Crippen LogP contribution is 2.20. The molecule has 2 aromatic rings. The summed E-state index contributed by atoms with van der Waals surface area (Å²) in [4.78, 5) is 13.2. The Bertz CT molecular complexity index is 513. The molecule has 0 aliphatic heterocycles. The fourth-order valence-electron chi connectivity index (χ4n) is 1.41. The van der Waals surface area contributed by atoms with Crippen molar-refractivity contribution in [3.8, 4) is 6.07 Å². The molecule has 0 fully saturated rings. The highest BCUT2D eigenvalue weighted by atomic mass is 15.2. The number of H-pyrrole nitrogens is 1. The zero-order valence-corrected chi connectivity index (χ0v) is 9.38. The predicted octanol–water partition coefficient (Wildman–Crippen LogP) is 1.51. The van der Waals surface area contributed by atoms with Crippen molar-refractivity contribution < 1.29 is 0 Å². The number of rotatable bonds is 4. The maximum absolute atomic E-state index is 8.48. The Morgan fingerprint density at radius 1 is 1.53 bits per heavy atom. The minimum Gasteiger partial charge on any atom is -0.357 e. The molecule has 0 saturated carbocycles. The Morgan fingerprint density at radius 3 is 3.12 bits per heavy atom. The van der Waals surface area contributed by atoms with Gasteiger partial charge in [-0.05, 0) is 12.1 Å². The van der Waals surface area contributed by atoms with Crippen LogP contribution in [0.5, 0.6) is 0 Å². The quantitative estimate of drug-likeness (QED) is 0.775. The zero-order valence-electron chi connectivity index (χ0n) is 9.38. The molecule has 0 bridgehead atoms. The monoisotopic (exact) mass is 228 g/mol. The summed E-state index contributed by atoms with van der Waals surface area (Å²) < 4.78 is 0. The van der Waals surface area contributed by atoms with Crippen LogP contribution in [-0.4, -0.2) is 28.5 Å². The lowest BCUT2D eigenvalue weighted by Crippen LogP contribution is -2.12. The molecular weight excluding hydrogens is 216 g/mol. The average Bonchev–Trinajstić information content (AvgIpc) is 2.89. The minimum atomic E-state index is 0.225. The van der Waals surface area contributed by atoms with E-state index < -0.39 is 0 Å². The van der Waals surface area contributed by atoms with E-state index >= 15 is 0 Å². The van der Waals surface area contributed by atoms with Gasteiger partial charge in [0.25, 0.3) is 0 Å². The van der Waals surface area contributed by atoms with E-state index in [1.54, 1.807) is 6.07 Å². The van der Waals surface area contributed by atoms with Crippen molar-refractivity contribution in [1.82, 2.24) is 15.0 Å². The number of nitrogens with one attached hydrogen (secondary N) is 2. The molecule has 0 amide bonds. The van der Waals surface area contributed by atoms with Gasteiger partial charge in [0.2, 0.25) is 0 Å². The molecule has 0 atom stereocenters. The summed E-state index contributed by atoms with van der Waals surface area (Å²) in [7, 11) is 1.90. The topological polar surface area (TPSA) is 80.6 Å². The minimum absolute atomic E-state index is 0.225. The number of nitriles is 1. The van der Waals surface area contributed by atoms with Crippen LogP contribution in [0.4, 0.5) is 17.5 Å². The second-order valence-corrected chi connectivity index (χ2v) is 3.39. The van der Waals surface area contributed by atoms with Crippen LogP contribution in [-0.2, 0) is 0 Å². The smallest absolute Gasteiger partial charge is 0.139 e. The number of aromatic amines is 1. The van der Waals surface area contributed by atoms with Crippen LogP contribution < -0.4 is 10.2 Å². The normalized spacial score (nSPS) is 9.65. The van der Waals surface area contributed by atoms with E-state index in [1.807, 2.05) is 36.3 Å². The number of anilines is 3. The number of nitrogens with zero attached hydrogens (tertiary/aromatic N) is 4. The lowest BCUT2D eigenvalue weighted by Gasteiger charge is -2.16. The van der Waals surface area contributed by atoms with Crippen LogP contribution in [0.25, 0.3) is 0 Å². The Hall–Kier alpha value is -2.55. The first kappa shape index (κ1) is 11.0. The van der Waals surface area contributed by atoms with Crippen LogP contribution in [0, 0.1) is 11.3 Å². The van der Waals surface area contributed by atoms with E-state index in [9.17, 15) is 0 Å². The first-order valence-corrected chi connectivity index (χ1v) is 5.11. The maximum Gasteiger partial charge on any atom is 0.139 e. The van der Waals surface area contributed by atoms with Crippen molar-refractivity contribution in [2.24, 2.45) is 0 Å². The van der Waals surface area contributed by atoms with Gasteiger partial charge < -0.3 is 15.2 Å². The molecule has 86 valence electrons. The van der Waals surface area contributed by atoms with Gasteiger partial charge in [-0.15, -0.1) is 0 Å². The SMILES string of the molecule is CN(c1cc(NCC#N)ncn1)c1ccc[nH]1. The van der Waals surface area contributed by atoms with Crippen LogP contribution in [0.1, 0.15) is 0 Å². The van der Waals surface area contributed by atoms with Gasteiger partial charge in [-0.3, -0.25) is 0 Å². The molecule has 0 spiro atoms. The Balaban J connectivity index is 2.19. The number of hydrogen-bond donors (Lipinski definition) is 2. The van der Waals surface area contributed by atoms with E-state index in [0.29, 0.717) is 5.82 Å². The van der Waals surface area contributed by atoms with Crippen molar-refractivity contribution in [2.45, 2.75) is 0 Å². The van der Waals surface area contributed by atoms with Crippen molar-refractivity contribution in [3.05, 3.63) is 30.7 Å². The van der Waals surface area contributed by atoms with E-state index in [-0.39, 0.29) is 6.54 Å². The molecule has 6 heteroatoms. The summed E-state index contributed by atoms with van der Waals surface area (Å²) in [5.41, 5.74) is 0. The fraction of sp³-hybridized carbons (Fsp3) is 0.182. The third kappa shape index (κ3) is 2.52. The highest BCUT2D eigenvalue weighted by molar-refractivity contribution is 5.58. The van der Waals surface area contributed by atoms with Crippen molar-refractivity contribution >= 4 is 17.5 Å². The van der Waals surface area contributed by atoms with E-state index in [1.165, 1.54) is 6.33 Å². The lowest BCUT2D eigenvalue weighted by atomic mass is 10.4. The molecule has 17 heavy (non-hydrogen) atoms. The molecule has 0 radical (unpaired) electrons. The molecule has 2 heterocycles. The van der Waals surface area contributed by atoms with Gasteiger partial charge in [-0.2, -0.15) is 5.26 Å². The molecule has 0 saturated heterocycles. The second kappa shape index (κ2) is 4.99. The van der Waals surface area contributed by atoms with Crippen molar-refractivity contribution in [2.75, 3.05) is 23.8 Å². The molecule has 2 N–H and O–H groups in total. The molecule has 0 aliphatic carbocycles. The molecule has 2 aromatic heterocycles. The lowest BCUT2D eigenvalue weighted by molar-refractivity contribution is 1.05. The first-order valence-electron chi connectivity index (χ1n) is 5.11. The number of aromatic nitrogens is 3. The van der Waals surface area contributed by atoms with Crippen LogP contribution in [0.2, 0.25) is 0 Å². The summed E-state index contributed by atoms with van der Waals surface area (Å²) in [6.45, 7) is 0.225. The van der Waals surface area contributed by atoms with Crippen LogP contribution in [0.15, 0.2) is 30.7 Å². The Kier molecular flexibility index (Phi) is 3.21. The summed E-state index contributed by atoms with van der Waals surface area (Å²) in [5, 5.41) is 11.4. The largest absolute Gasteiger partial charge is 0.357 e. The molecule has 0 unspecified atom stereocenters. The second-order valence-electron chi connectivity index (χ2n) is 3.39. The Labute approximate surface area is 98.9 Å². The van der Waals surface area contributed by atoms with Gasteiger partial charge in [0.1, 0.15) is 30.3 Å². The summed E-state index contributed by atoms with van der Waals surface area (Å²) in [6.07, 6.45) is 3.32. The van der Waals surface area contributed by atoms with E-state index in [4.69, 9.17) is 5.26 Å². The van der Waals surface area contributed by atoms with Gasteiger partial charge in [-0.1, -0.05) is 0 Å². The van der Waals surface area contributed by atoms with Gasteiger partial charge in [-0.25, -0.2) is 9.97 Å². The van der Waals surface area contributed by atoms with Gasteiger partial charge in [0.05, 0.1) is 6.07 Å². The Morgan fingerprint density at radius 2 is 2.41 bits per heavy atom. The summed E-state index contributed by atoms with van der Waals surface area (Å²) in [5.74, 6) is 2.33. The molecule has 0 aromatic carbocycles. The zero-order chi connectivity index (χ0) is 12.1. The summed E-state index contributed by atoms with van der Waals surface area (Å²) in [6, 6.07) is 7.66. The molecule has 2 rings (SSSR count). The highest BCUT2D eigenvalue weighted by Gasteiger charge is 2.06. The van der Waals surface area contributed by atoms with Crippen molar-refractivity contribution in [1.29, 1.82) is 5.26 Å². The molecule has 0 aliphatic rings. The maximum atomic E-state index is 8.48. The predicted molar refractivity (Wildman–Crippen MR) is 65.0 cm³/mol. The standard InChI is InChI=1S/C11H12N6/c1-17(10-3-2-5-14-10)11-7-9(13-6-4-12)15-8-16-11/h2-3,5,7-8,14H,6H2,1H3,(H,13,15,16). The van der Waals surface area contributed by atoms with Crippen molar-refractivity contribution in [3.63, 3.8) is 0 Å². The van der Waals surface area contributed by atoms with Crippen LogP contribution >= 0.6 is 0 Å². The van der Waals surface area contributed by atoms with E-state index in [0.717, 1.165) is 11.6 Å². The number of hydrogen-bond acceptors (Lipinski definition) is 5. The third-order valence-corrected chi connectivity index (χ3v) is 2.29. The van der Waals surface area contributed by atoms with Gasteiger partial charge in [0.15, 0.2) is 0 Å².